The second-order valence-electron chi connectivity index (χ2n) is 4.78. The lowest BCUT2D eigenvalue weighted by Crippen LogP contribution is -2.22. The van der Waals surface area contributed by atoms with Gasteiger partial charge in [0.2, 0.25) is 5.91 Å². The molecule has 2 N–H and O–H groups in total. The van der Waals surface area contributed by atoms with Crippen LogP contribution in [0.3, 0.4) is 0 Å². The zero-order chi connectivity index (χ0) is 15.9. The van der Waals surface area contributed by atoms with E-state index in [4.69, 9.17) is 4.42 Å². The number of hydrogen-bond acceptors (Lipinski definition) is 3. The molecule has 0 unspecified atom stereocenters. The van der Waals surface area contributed by atoms with Crippen molar-refractivity contribution in [2.75, 3.05) is 5.32 Å². The first-order valence-corrected chi connectivity index (χ1v) is 7.80. The summed E-state index contributed by atoms with van der Waals surface area (Å²) in [5.74, 6) is -0.00621. The molecule has 1 aromatic heterocycles. The van der Waals surface area contributed by atoms with Crippen LogP contribution in [0.1, 0.15) is 35.9 Å². The summed E-state index contributed by atoms with van der Waals surface area (Å²) in [6.07, 6.45) is 1.33. The van der Waals surface area contributed by atoms with Crippen LogP contribution in [-0.4, -0.2) is 11.8 Å². The van der Waals surface area contributed by atoms with Gasteiger partial charge < -0.3 is 15.1 Å². The van der Waals surface area contributed by atoms with E-state index in [1.807, 2.05) is 31.2 Å². The van der Waals surface area contributed by atoms with Crippen molar-refractivity contribution in [3.05, 3.63) is 52.4 Å². The van der Waals surface area contributed by atoms with Gasteiger partial charge in [0.25, 0.3) is 5.91 Å². The molecule has 0 aliphatic heterocycles. The summed E-state index contributed by atoms with van der Waals surface area (Å²) in [6.45, 7) is 2.35. The van der Waals surface area contributed by atoms with Gasteiger partial charge in [-0.2, -0.15) is 0 Å². The highest BCUT2D eigenvalue weighted by Crippen LogP contribution is 2.14. The zero-order valence-electron chi connectivity index (χ0n) is 12.2. The molecule has 0 radical (unpaired) electrons. The number of amides is 2. The fourth-order valence-corrected chi connectivity index (χ4v) is 2.17. The van der Waals surface area contributed by atoms with E-state index in [1.165, 1.54) is 0 Å². The van der Waals surface area contributed by atoms with E-state index in [1.54, 1.807) is 12.1 Å². The summed E-state index contributed by atoms with van der Waals surface area (Å²) in [4.78, 5) is 23.3. The summed E-state index contributed by atoms with van der Waals surface area (Å²) in [5, 5.41) is 5.59. The minimum Gasteiger partial charge on any atom is -0.444 e. The maximum absolute atomic E-state index is 11.8. The van der Waals surface area contributed by atoms with Gasteiger partial charge >= 0.3 is 0 Å². The number of carbonyl (C=O) groups is 2. The molecule has 0 spiro atoms. The molecule has 2 rings (SSSR count). The Morgan fingerprint density at radius 1 is 1.14 bits per heavy atom. The van der Waals surface area contributed by atoms with Gasteiger partial charge in [0.1, 0.15) is 0 Å². The van der Waals surface area contributed by atoms with Crippen LogP contribution in [0.4, 0.5) is 5.69 Å². The monoisotopic (exact) mass is 364 g/mol. The number of halogens is 1. The summed E-state index contributed by atoms with van der Waals surface area (Å²) in [5.41, 5.74) is 1.69. The molecule has 5 nitrogen and oxygen atoms in total. The Hall–Kier alpha value is -2.08. The fraction of sp³-hybridized carbons (Fsp3) is 0.250. The molecular formula is C16H17BrN2O3. The van der Waals surface area contributed by atoms with Crippen LogP contribution >= 0.6 is 15.9 Å². The normalized spacial score (nSPS) is 10.3. The molecule has 22 heavy (non-hydrogen) atoms. The third-order valence-electron chi connectivity index (χ3n) is 2.96. The van der Waals surface area contributed by atoms with Gasteiger partial charge in [0, 0.05) is 18.7 Å². The largest absolute Gasteiger partial charge is 0.444 e. The van der Waals surface area contributed by atoms with Gasteiger partial charge in [-0.3, -0.25) is 9.59 Å². The molecule has 2 amide bonds. The average Bonchev–Trinajstić information content (AvgIpc) is 2.93. The number of anilines is 1. The summed E-state index contributed by atoms with van der Waals surface area (Å²) in [6, 6.07) is 10.6. The second kappa shape index (κ2) is 7.79. The first kappa shape index (κ1) is 16.3. The van der Waals surface area contributed by atoms with E-state index >= 15 is 0 Å². The Labute approximate surface area is 137 Å². The Kier molecular flexibility index (Phi) is 5.77. The highest BCUT2D eigenvalue weighted by Gasteiger charge is 2.09. The van der Waals surface area contributed by atoms with Crippen LogP contribution < -0.4 is 10.6 Å². The van der Waals surface area contributed by atoms with Crippen molar-refractivity contribution in [1.29, 1.82) is 0 Å². The van der Waals surface area contributed by atoms with Crippen molar-refractivity contribution in [2.24, 2.45) is 0 Å². The molecule has 0 bridgehead atoms. The van der Waals surface area contributed by atoms with Gasteiger partial charge in [0.15, 0.2) is 10.4 Å². The number of benzene rings is 1. The summed E-state index contributed by atoms with van der Waals surface area (Å²) >= 11 is 3.15. The van der Waals surface area contributed by atoms with E-state index in [0.29, 0.717) is 17.6 Å². The number of furan rings is 1. The molecular weight excluding hydrogens is 348 g/mol. The topological polar surface area (TPSA) is 71.3 Å². The highest BCUT2D eigenvalue weighted by atomic mass is 79.9. The zero-order valence-corrected chi connectivity index (χ0v) is 13.8. The minimum atomic E-state index is -0.272. The quantitative estimate of drug-likeness (QED) is 0.820. The van der Waals surface area contributed by atoms with Crippen LogP contribution in [0.15, 0.2) is 45.5 Å². The molecule has 2 aromatic rings. The predicted molar refractivity (Wildman–Crippen MR) is 87.6 cm³/mol. The molecule has 0 aliphatic rings. The Balaban J connectivity index is 1.86. The highest BCUT2D eigenvalue weighted by molar-refractivity contribution is 9.10. The van der Waals surface area contributed by atoms with Gasteiger partial charge in [-0.1, -0.05) is 19.1 Å². The maximum atomic E-state index is 11.8. The predicted octanol–water partition coefficient (Wildman–Crippen LogP) is 3.71. The standard InChI is InChI=1S/C16H17BrN2O3/c1-2-3-15(20)19-12-6-4-11(5-7-12)10-18-16(21)13-8-9-14(17)22-13/h4-9H,2-3,10H2,1H3,(H,18,21)(H,19,20). The fourth-order valence-electron chi connectivity index (χ4n) is 1.86. The average molecular weight is 365 g/mol. The van der Waals surface area contributed by atoms with Crippen molar-refractivity contribution < 1.29 is 14.0 Å². The Morgan fingerprint density at radius 3 is 2.45 bits per heavy atom. The first-order valence-electron chi connectivity index (χ1n) is 7.01. The maximum Gasteiger partial charge on any atom is 0.287 e. The van der Waals surface area contributed by atoms with Gasteiger partial charge in [-0.25, -0.2) is 0 Å². The van der Waals surface area contributed by atoms with E-state index in [2.05, 4.69) is 26.6 Å². The molecule has 0 fully saturated rings. The minimum absolute atomic E-state index is 0.00643. The van der Waals surface area contributed by atoms with E-state index in [9.17, 15) is 9.59 Å². The molecule has 0 saturated carbocycles. The molecule has 0 atom stereocenters. The number of rotatable bonds is 6. The van der Waals surface area contributed by atoms with Crippen molar-refractivity contribution in [1.82, 2.24) is 5.32 Å². The van der Waals surface area contributed by atoms with Crippen LogP contribution in [0.25, 0.3) is 0 Å². The third-order valence-corrected chi connectivity index (χ3v) is 3.39. The lowest BCUT2D eigenvalue weighted by molar-refractivity contribution is -0.116. The molecule has 0 aliphatic carbocycles. The number of hydrogen-bond donors (Lipinski definition) is 2. The lowest BCUT2D eigenvalue weighted by atomic mass is 10.2. The smallest absolute Gasteiger partial charge is 0.287 e. The third kappa shape index (κ3) is 4.73. The van der Waals surface area contributed by atoms with Crippen LogP contribution in [0.2, 0.25) is 0 Å². The van der Waals surface area contributed by atoms with Gasteiger partial charge in [-0.05, 0) is 52.2 Å². The van der Waals surface area contributed by atoms with Gasteiger partial charge in [-0.15, -0.1) is 0 Å². The molecule has 1 aromatic carbocycles. The summed E-state index contributed by atoms with van der Waals surface area (Å²) < 4.78 is 5.70. The van der Waals surface area contributed by atoms with Crippen LogP contribution in [-0.2, 0) is 11.3 Å². The Bertz CT molecular complexity index is 650. The van der Waals surface area contributed by atoms with Crippen molar-refractivity contribution >= 4 is 33.4 Å². The van der Waals surface area contributed by atoms with E-state index in [-0.39, 0.29) is 17.6 Å². The summed E-state index contributed by atoms with van der Waals surface area (Å²) in [7, 11) is 0. The molecule has 0 saturated heterocycles. The molecule has 116 valence electrons. The first-order chi connectivity index (χ1) is 10.6. The number of nitrogens with one attached hydrogen (secondary N) is 2. The Morgan fingerprint density at radius 2 is 1.86 bits per heavy atom. The van der Waals surface area contributed by atoms with Crippen LogP contribution in [0.5, 0.6) is 0 Å². The van der Waals surface area contributed by atoms with Gasteiger partial charge in [0.05, 0.1) is 0 Å². The SMILES string of the molecule is CCCC(=O)Nc1ccc(CNC(=O)c2ccc(Br)o2)cc1. The van der Waals surface area contributed by atoms with Crippen molar-refractivity contribution in [2.45, 2.75) is 26.3 Å². The molecule has 1 heterocycles. The number of carbonyl (C=O) groups excluding carboxylic acids is 2. The van der Waals surface area contributed by atoms with Crippen LogP contribution in [0, 0.1) is 0 Å². The molecule has 6 heteroatoms. The van der Waals surface area contributed by atoms with Crippen molar-refractivity contribution in [3.8, 4) is 0 Å². The second-order valence-corrected chi connectivity index (χ2v) is 5.56. The van der Waals surface area contributed by atoms with Crippen molar-refractivity contribution in [3.63, 3.8) is 0 Å². The lowest BCUT2D eigenvalue weighted by Gasteiger charge is -2.07. The van der Waals surface area contributed by atoms with E-state index in [0.717, 1.165) is 17.7 Å². The van der Waals surface area contributed by atoms with E-state index < -0.39 is 0 Å².